The van der Waals surface area contributed by atoms with Gasteiger partial charge in [0.25, 0.3) is 0 Å². The molecule has 3 aromatic carbocycles. The van der Waals surface area contributed by atoms with Crippen LogP contribution in [0.2, 0.25) is 0 Å². The van der Waals surface area contributed by atoms with Gasteiger partial charge in [0.05, 0.1) is 41.9 Å². The van der Waals surface area contributed by atoms with Gasteiger partial charge in [0.1, 0.15) is 5.75 Å². The molecule has 0 saturated heterocycles. The van der Waals surface area contributed by atoms with Crippen molar-refractivity contribution in [3.63, 3.8) is 0 Å². The highest BCUT2D eigenvalue weighted by atomic mass is 31.2. The molecule has 7 nitrogen and oxygen atoms in total. The highest BCUT2D eigenvalue weighted by Gasteiger charge is 2.35. The second-order valence-corrected chi connectivity index (χ2v) is 9.29. The van der Waals surface area contributed by atoms with Gasteiger partial charge in [-0.3, -0.25) is 4.57 Å². The largest absolute Gasteiger partial charge is 0.429 e. The third-order valence-corrected chi connectivity index (χ3v) is 7.16. The number of fused-ring (bicyclic) bond motifs is 3. The van der Waals surface area contributed by atoms with Gasteiger partial charge >= 0.3 is 7.52 Å². The third kappa shape index (κ3) is 3.75. The Morgan fingerprint density at radius 2 is 1.74 bits per heavy atom. The number of hydrogen-bond donors (Lipinski definition) is 1. The van der Waals surface area contributed by atoms with E-state index in [4.69, 9.17) is 9.79 Å². The Labute approximate surface area is 179 Å². The summed E-state index contributed by atoms with van der Waals surface area (Å²) in [5, 5.41) is 21.0. The number of para-hydroxylation sites is 1. The fourth-order valence-electron chi connectivity index (χ4n) is 3.59. The minimum atomic E-state index is -3.33. The van der Waals surface area contributed by atoms with E-state index in [-0.39, 0.29) is 6.54 Å². The van der Waals surface area contributed by atoms with E-state index in [1.54, 1.807) is 23.0 Å². The number of rotatable bonds is 5. The van der Waals surface area contributed by atoms with Crippen LogP contribution in [-0.2, 0) is 17.7 Å². The van der Waals surface area contributed by atoms with Gasteiger partial charge in [-0.05, 0) is 29.8 Å². The molecule has 1 aliphatic heterocycles. The fourth-order valence-corrected chi connectivity index (χ4v) is 5.52. The summed E-state index contributed by atoms with van der Waals surface area (Å²) in [6.45, 7) is 0.782. The molecule has 5 rings (SSSR count). The van der Waals surface area contributed by atoms with Crippen molar-refractivity contribution in [2.75, 3.05) is 0 Å². The molecule has 8 heteroatoms. The van der Waals surface area contributed by atoms with Gasteiger partial charge in [0.15, 0.2) is 0 Å². The molecule has 0 radical (unpaired) electrons. The average molecular weight is 427 g/mol. The molecule has 152 valence electrons. The summed E-state index contributed by atoms with van der Waals surface area (Å²) in [7, 11) is -3.33. The lowest BCUT2D eigenvalue weighted by Gasteiger charge is -2.28. The van der Waals surface area contributed by atoms with Crippen LogP contribution in [0.3, 0.4) is 0 Å². The Balaban J connectivity index is 1.33. The number of nitriles is 1. The van der Waals surface area contributed by atoms with Crippen molar-refractivity contribution in [1.29, 1.82) is 5.26 Å². The quantitative estimate of drug-likeness (QED) is 0.486. The molecular weight excluding hydrogens is 409 g/mol. The molecule has 1 aliphatic rings. The predicted molar refractivity (Wildman–Crippen MR) is 117 cm³/mol. The van der Waals surface area contributed by atoms with E-state index >= 15 is 0 Å². The van der Waals surface area contributed by atoms with Crippen molar-refractivity contribution < 1.29 is 9.09 Å². The first-order chi connectivity index (χ1) is 15.1. The highest BCUT2D eigenvalue weighted by Crippen LogP contribution is 2.51. The third-order valence-electron chi connectivity index (χ3n) is 5.11. The van der Waals surface area contributed by atoms with E-state index in [1.165, 1.54) is 0 Å². The SMILES string of the molecule is N#Cc1ccc(Cn2cc(CNP3(=O)Oc4ccccc4-c4ccccc43)nn2)cc1. The summed E-state index contributed by atoms with van der Waals surface area (Å²) >= 11 is 0. The molecule has 0 amide bonds. The maximum absolute atomic E-state index is 13.7. The van der Waals surface area contributed by atoms with Gasteiger partial charge in [-0.1, -0.05) is 53.7 Å². The Morgan fingerprint density at radius 1 is 1.00 bits per heavy atom. The van der Waals surface area contributed by atoms with Gasteiger partial charge in [0, 0.05) is 11.1 Å². The first-order valence-electron chi connectivity index (χ1n) is 9.76. The van der Waals surface area contributed by atoms with Crippen LogP contribution in [-0.4, -0.2) is 15.0 Å². The number of hydrogen-bond acceptors (Lipinski definition) is 5. The van der Waals surface area contributed by atoms with E-state index in [2.05, 4.69) is 21.5 Å². The van der Waals surface area contributed by atoms with E-state index in [0.717, 1.165) is 16.7 Å². The van der Waals surface area contributed by atoms with Crippen LogP contribution in [0, 0.1) is 11.3 Å². The lowest BCUT2D eigenvalue weighted by atomic mass is 10.0. The van der Waals surface area contributed by atoms with Crippen molar-refractivity contribution >= 4 is 12.8 Å². The van der Waals surface area contributed by atoms with Gasteiger partial charge in [0.2, 0.25) is 0 Å². The van der Waals surface area contributed by atoms with Crippen LogP contribution >= 0.6 is 7.52 Å². The topological polar surface area (TPSA) is 92.8 Å². The van der Waals surface area contributed by atoms with Gasteiger partial charge in [-0.25, -0.2) is 9.77 Å². The number of nitrogens with one attached hydrogen (secondary N) is 1. The summed E-state index contributed by atoms with van der Waals surface area (Å²) < 4.78 is 21.4. The Hall–Kier alpha value is -3.72. The first kappa shape index (κ1) is 19.3. The van der Waals surface area contributed by atoms with Crippen LogP contribution in [0.1, 0.15) is 16.8 Å². The van der Waals surface area contributed by atoms with Crippen LogP contribution in [0.15, 0.2) is 79.0 Å². The van der Waals surface area contributed by atoms with Crippen molar-refractivity contribution in [3.8, 4) is 22.9 Å². The zero-order valence-electron chi connectivity index (χ0n) is 16.5. The smallest absolute Gasteiger partial charge is 0.347 e. The predicted octanol–water partition coefficient (Wildman–Crippen LogP) is 3.87. The Bertz CT molecular complexity index is 1340. The van der Waals surface area contributed by atoms with Crippen molar-refractivity contribution in [1.82, 2.24) is 20.1 Å². The summed E-state index contributed by atoms with van der Waals surface area (Å²) in [6, 6.07) is 24.6. The van der Waals surface area contributed by atoms with Gasteiger partial charge in [-0.2, -0.15) is 5.26 Å². The molecule has 0 aliphatic carbocycles. The highest BCUT2D eigenvalue weighted by molar-refractivity contribution is 7.65. The molecule has 0 spiro atoms. The number of nitrogens with zero attached hydrogens (tertiary/aromatic N) is 4. The molecule has 1 N–H and O–H groups in total. The first-order valence-corrected chi connectivity index (χ1v) is 11.4. The summed E-state index contributed by atoms with van der Waals surface area (Å²) in [5.74, 6) is 0.599. The zero-order valence-corrected chi connectivity index (χ0v) is 17.4. The zero-order chi connectivity index (χ0) is 21.3. The number of benzene rings is 3. The molecule has 0 saturated carbocycles. The Kier molecular flexibility index (Phi) is 4.87. The van der Waals surface area contributed by atoms with Crippen LogP contribution in [0.25, 0.3) is 11.1 Å². The molecular formula is C23H18N5O2P. The van der Waals surface area contributed by atoms with E-state index in [1.807, 2.05) is 60.7 Å². The van der Waals surface area contributed by atoms with Crippen molar-refractivity contribution in [2.45, 2.75) is 13.1 Å². The Morgan fingerprint density at radius 3 is 2.55 bits per heavy atom. The maximum Gasteiger partial charge on any atom is 0.347 e. The lowest BCUT2D eigenvalue weighted by molar-refractivity contribution is 0.476. The van der Waals surface area contributed by atoms with E-state index < -0.39 is 7.52 Å². The normalized spacial score (nSPS) is 16.6. The fraction of sp³-hybridized carbons (Fsp3) is 0.0870. The molecule has 4 aromatic rings. The van der Waals surface area contributed by atoms with E-state index in [9.17, 15) is 4.57 Å². The molecule has 31 heavy (non-hydrogen) atoms. The molecule has 1 unspecified atom stereocenters. The average Bonchev–Trinajstić information content (AvgIpc) is 3.26. The van der Waals surface area contributed by atoms with Gasteiger partial charge < -0.3 is 4.52 Å². The molecule has 1 atom stereocenters. The van der Waals surface area contributed by atoms with Crippen molar-refractivity contribution in [3.05, 3.63) is 95.8 Å². The van der Waals surface area contributed by atoms with Crippen molar-refractivity contribution in [2.24, 2.45) is 0 Å². The maximum atomic E-state index is 13.7. The monoisotopic (exact) mass is 427 g/mol. The molecule has 2 heterocycles. The van der Waals surface area contributed by atoms with Crippen LogP contribution in [0.5, 0.6) is 5.75 Å². The van der Waals surface area contributed by atoms with Crippen LogP contribution < -0.4 is 14.9 Å². The minimum absolute atomic E-state index is 0.251. The second-order valence-electron chi connectivity index (χ2n) is 7.21. The summed E-state index contributed by atoms with van der Waals surface area (Å²) in [5.41, 5.74) is 4.12. The van der Waals surface area contributed by atoms with E-state index in [0.29, 0.717) is 28.9 Å². The summed E-state index contributed by atoms with van der Waals surface area (Å²) in [6.07, 6.45) is 1.81. The van der Waals surface area contributed by atoms with Gasteiger partial charge in [-0.15, -0.1) is 5.10 Å². The lowest BCUT2D eigenvalue weighted by Crippen LogP contribution is -2.27. The molecule has 0 bridgehead atoms. The summed E-state index contributed by atoms with van der Waals surface area (Å²) in [4.78, 5) is 0. The second kappa shape index (κ2) is 7.84. The molecule has 1 aromatic heterocycles. The van der Waals surface area contributed by atoms with Crippen LogP contribution in [0.4, 0.5) is 0 Å². The number of aromatic nitrogens is 3. The minimum Gasteiger partial charge on any atom is -0.429 e. The molecule has 0 fully saturated rings. The standard InChI is InChI=1S/C23H18N5O2P/c24-13-17-9-11-18(12-10-17)15-28-16-19(26-27-28)14-25-31(29)23-8-4-2-6-21(23)20-5-1-3-7-22(20)30-31/h1-12,16H,14-15H2,(H,25,29).